The van der Waals surface area contributed by atoms with Crippen molar-refractivity contribution in [2.24, 2.45) is 0 Å². The average Bonchev–Trinajstić information content (AvgIpc) is 2.67. The van der Waals surface area contributed by atoms with Crippen LogP contribution in [0.4, 0.5) is 0 Å². The molecule has 1 atom stereocenters. The van der Waals surface area contributed by atoms with E-state index in [-0.39, 0.29) is 0 Å². The third-order valence-corrected chi connectivity index (χ3v) is 2.50. The van der Waals surface area contributed by atoms with Crippen LogP contribution >= 0.6 is 0 Å². The lowest BCUT2D eigenvalue weighted by atomic mass is 9.97. The first-order valence-corrected chi connectivity index (χ1v) is 4.61. The van der Waals surface area contributed by atoms with Gasteiger partial charge < -0.3 is 9.73 Å². The minimum absolute atomic E-state index is 0.321. The van der Waals surface area contributed by atoms with Crippen LogP contribution in [-0.4, -0.2) is 6.54 Å². The van der Waals surface area contributed by atoms with Gasteiger partial charge in [0.2, 0.25) is 0 Å². The summed E-state index contributed by atoms with van der Waals surface area (Å²) in [6.45, 7) is 1.04. The molecule has 1 unspecified atom stereocenters. The molecular formula is C10H12N2O. The minimum Gasteiger partial charge on any atom is -0.471 e. The summed E-state index contributed by atoms with van der Waals surface area (Å²) in [6.07, 6.45) is 6.77. The van der Waals surface area contributed by atoms with Crippen molar-refractivity contribution in [1.29, 1.82) is 5.26 Å². The highest BCUT2D eigenvalue weighted by Gasteiger charge is 2.19. The Morgan fingerprint density at radius 2 is 2.38 bits per heavy atom. The molecule has 1 aliphatic rings. The van der Waals surface area contributed by atoms with Crippen LogP contribution in [0.5, 0.6) is 0 Å². The second kappa shape index (κ2) is 3.63. The predicted octanol–water partition coefficient (Wildman–Crippen LogP) is 1.97. The Balaban J connectivity index is 2.19. The first-order chi connectivity index (χ1) is 6.42. The summed E-state index contributed by atoms with van der Waals surface area (Å²) in [5, 5.41) is 12.2. The molecule has 0 radical (unpaired) electrons. The summed E-state index contributed by atoms with van der Waals surface area (Å²) >= 11 is 0. The molecule has 0 amide bonds. The van der Waals surface area contributed by atoms with Gasteiger partial charge in [-0.1, -0.05) is 6.42 Å². The number of nitrogens with zero attached hydrogens (tertiary/aromatic N) is 1. The summed E-state index contributed by atoms with van der Waals surface area (Å²) in [4.78, 5) is 0. The van der Waals surface area contributed by atoms with E-state index in [1.807, 2.05) is 0 Å². The molecule has 1 saturated heterocycles. The summed E-state index contributed by atoms with van der Waals surface area (Å²) in [5.41, 5.74) is 1.68. The maximum absolute atomic E-state index is 8.80. The highest BCUT2D eigenvalue weighted by Crippen LogP contribution is 2.25. The van der Waals surface area contributed by atoms with Crippen molar-refractivity contribution in [3.63, 3.8) is 0 Å². The van der Waals surface area contributed by atoms with Crippen molar-refractivity contribution < 1.29 is 4.42 Å². The molecule has 68 valence electrons. The monoisotopic (exact) mass is 176 g/mol. The molecule has 0 bridgehead atoms. The van der Waals surface area contributed by atoms with Crippen molar-refractivity contribution in [1.82, 2.24) is 5.32 Å². The van der Waals surface area contributed by atoms with E-state index in [0.717, 1.165) is 18.5 Å². The molecule has 1 aliphatic heterocycles. The van der Waals surface area contributed by atoms with Gasteiger partial charge in [-0.3, -0.25) is 0 Å². The van der Waals surface area contributed by atoms with Gasteiger partial charge in [0.1, 0.15) is 12.3 Å². The number of piperidine rings is 1. The maximum atomic E-state index is 8.80. The first-order valence-electron chi connectivity index (χ1n) is 4.61. The number of rotatable bonds is 1. The quantitative estimate of drug-likeness (QED) is 0.711. The normalized spacial score (nSPS) is 22.5. The van der Waals surface area contributed by atoms with Gasteiger partial charge in [-0.25, -0.2) is 0 Å². The van der Waals surface area contributed by atoms with Gasteiger partial charge in [0.25, 0.3) is 0 Å². The zero-order valence-corrected chi connectivity index (χ0v) is 7.42. The van der Waals surface area contributed by atoms with Gasteiger partial charge in [0, 0.05) is 11.6 Å². The zero-order chi connectivity index (χ0) is 9.10. The Bertz CT molecular complexity index is 318. The van der Waals surface area contributed by atoms with Crippen LogP contribution in [0.1, 0.15) is 36.4 Å². The minimum atomic E-state index is 0.321. The lowest BCUT2D eigenvalue weighted by molar-refractivity contribution is 0.408. The van der Waals surface area contributed by atoms with Gasteiger partial charge in [-0.2, -0.15) is 5.26 Å². The molecule has 1 fully saturated rings. The number of nitriles is 1. The van der Waals surface area contributed by atoms with Crippen LogP contribution in [0.15, 0.2) is 16.9 Å². The van der Waals surface area contributed by atoms with Crippen molar-refractivity contribution in [3.8, 4) is 6.07 Å². The molecular weight excluding hydrogens is 164 g/mol. The lowest BCUT2D eigenvalue weighted by Crippen LogP contribution is -2.26. The van der Waals surface area contributed by atoms with E-state index in [9.17, 15) is 0 Å². The van der Waals surface area contributed by atoms with Gasteiger partial charge in [0.15, 0.2) is 0 Å². The molecule has 2 rings (SSSR count). The molecule has 0 aliphatic carbocycles. The van der Waals surface area contributed by atoms with Crippen molar-refractivity contribution in [2.75, 3.05) is 6.54 Å². The molecule has 1 aromatic rings. The van der Waals surface area contributed by atoms with Crippen molar-refractivity contribution in [3.05, 3.63) is 23.7 Å². The number of hydrogen-bond acceptors (Lipinski definition) is 3. The fourth-order valence-corrected chi connectivity index (χ4v) is 1.78. The van der Waals surface area contributed by atoms with E-state index >= 15 is 0 Å². The SMILES string of the molecule is N#Cc1cocc1C1CCCCN1. The van der Waals surface area contributed by atoms with E-state index in [2.05, 4.69) is 11.4 Å². The van der Waals surface area contributed by atoms with Gasteiger partial charge in [-0.15, -0.1) is 0 Å². The van der Waals surface area contributed by atoms with Gasteiger partial charge in [0.05, 0.1) is 11.8 Å². The van der Waals surface area contributed by atoms with E-state index in [4.69, 9.17) is 9.68 Å². The van der Waals surface area contributed by atoms with Gasteiger partial charge >= 0.3 is 0 Å². The standard InChI is InChI=1S/C10H12N2O/c11-5-8-6-13-7-9(8)10-3-1-2-4-12-10/h6-7,10,12H,1-4H2. The number of furan rings is 1. The van der Waals surface area contributed by atoms with E-state index in [1.165, 1.54) is 19.1 Å². The molecule has 1 N–H and O–H groups in total. The second-order valence-corrected chi connectivity index (χ2v) is 3.36. The Hall–Kier alpha value is -1.27. The third kappa shape index (κ3) is 1.58. The molecule has 0 aromatic carbocycles. The van der Waals surface area contributed by atoms with Gasteiger partial charge in [-0.05, 0) is 19.4 Å². The first kappa shape index (κ1) is 8.33. The molecule has 3 nitrogen and oxygen atoms in total. The summed E-state index contributed by atoms with van der Waals surface area (Å²) in [5.74, 6) is 0. The van der Waals surface area contributed by atoms with Crippen LogP contribution in [0.25, 0.3) is 0 Å². The second-order valence-electron chi connectivity index (χ2n) is 3.36. The molecule has 1 aromatic heterocycles. The predicted molar refractivity (Wildman–Crippen MR) is 48.0 cm³/mol. The third-order valence-electron chi connectivity index (χ3n) is 2.50. The molecule has 3 heteroatoms. The Labute approximate surface area is 77.4 Å². The number of nitrogens with one attached hydrogen (secondary N) is 1. The fraction of sp³-hybridized carbons (Fsp3) is 0.500. The van der Waals surface area contributed by atoms with Crippen molar-refractivity contribution >= 4 is 0 Å². The largest absolute Gasteiger partial charge is 0.471 e. The molecule has 0 saturated carbocycles. The Morgan fingerprint density at radius 1 is 1.46 bits per heavy atom. The summed E-state index contributed by atoms with van der Waals surface area (Å²) in [7, 11) is 0. The van der Waals surface area contributed by atoms with E-state index in [0.29, 0.717) is 11.6 Å². The Kier molecular flexibility index (Phi) is 2.33. The van der Waals surface area contributed by atoms with E-state index < -0.39 is 0 Å². The molecule has 2 heterocycles. The summed E-state index contributed by atoms with van der Waals surface area (Å²) < 4.78 is 5.03. The maximum Gasteiger partial charge on any atom is 0.108 e. The average molecular weight is 176 g/mol. The molecule has 13 heavy (non-hydrogen) atoms. The molecule has 0 spiro atoms. The van der Waals surface area contributed by atoms with Crippen molar-refractivity contribution in [2.45, 2.75) is 25.3 Å². The van der Waals surface area contributed by atoms with Crippen LogP contribution in [-0.2, 0) is 0 Å². The smallest absolute Gasteiger partial charge is 0.108 e. The Morgan fingerprint density at radius 3 is 3.08 bits per heavy atom. The van der Waals surface area contributed by atoms with Crippen LogP contribution in [0, 0.1) is 11.3 Å². The number of hydrogen-bond donors (Lipinski definition) is 1. The van der Waals surface area contributed by atoms with Crippen LogP contribution in [0.3, 0.4) is 0 Å². The highest BCUT2D eigenvalue weighted by atomic mass is 16.3. The van der Waals surface area contributed by atoms with Crippen LogP contribution in [0.2, 0.25) is 0 Å². The highest BCUT2D eigenvalue weighted by molar-refractivity contribution is 5.35. The van der Waals surface area contributed by atoms with Crippen LogP contribution < -0.4 is 5.32 Å². The van der Waals surface area contributed by atoms with E-state index in [1.54, 1.807) is 6.26 Å². The topological polar surface area (TPSA) is 49.0 Å². The summed E-state index contributed by atoms with van der Waals surface area (Å²) in [6, 6.07) is 2.46. The zero-order valence-electron chi connectivity index (χ0n) is 7.42. The lowest BCUT2D eigenvalue weighted by Gasteiger charge is -2.22. The fourth-order valence-electron chi connectivity index (χ4n) is 1.78.